The van der Waals surface area contributed by atoms with Crippen LogP contribution in [0.2, 0.25) is 0 Å². The summed E-state index contributed by atoms with van der Waals surface area (Å²) in [5, 5.41) is 0. The average Bonchev–Trinajstić information content (AvgIpc) is 3.11. The lowest BCUT2D eigenvalue weighted by atomic mass is 10.1. The van der Waals surface area contributed by atoms with E-state index in [0.717, 1.165) is 51.5 Å². The minimum absolute atomic E-state index is 0.146. The van der Waals surface area contributed by atoms with E-state index in [9.17, 15) is 4.79 Å². The van der Waals surface area contributed by atoms with Crippen LogP contribution in [0.15, 0.2) is 0 Å². The summed E-state index contributed by atoms with van der Waals surface area (Å²) in [7, 11) is 0. The van der Waals surface area contributed by atoms with Gasteiger partial charge in [0.2, 0.25) is 0 Å². The second-order valence-corrected chi connectivity index (χ2v) is 5.85. The van der Waals surface area contributed by atoms with Crippen molar-refractivity contribution in [1.29, 1.82) is 0 Å². The molecule has 1 amide bonds. The summed E-state index contributed by atoms with van der Waals surface area (Å²) in [6.45, 7) is 18.2. The Morgan fingerprint density at radius 1 is 1.09 bits per heavy atom. The Balaban J connectivity index is 0.00000102. The van der Waals surface area contributed by atoms with Crippen LogP contribution in [-0.2, 0) is 9.53 Å². The van der Waals surface area contributed by atoms with Crippen molar-refractivity contribution in [2.24, 2.45) is 5.92 Å². The minimum Gasteiger partial charge on any atom is -0.368 e. The highest BCUT2D eigenvalue weighted by molar-refractivity contribution is 5.81. The summed E-state index contributed by atoms with van der Waals surface area (Å²) >= 11 is 0. The van der Waals surface area contributed by atoms with E-state index in [-0.39, 0.29) is 12.0 Å². The summed E-state index contributed by atoms with van der Waals surface area (Å²) < 4.78 is 5.47. The third-order valence-corrected chi connectivity index (χ3v) is 3.91. The molecule has 4 nitrogen and oxygen atoms in total. The number of amides is 1. The van der Waals surface area contributed by atoms with Crippen molar-refractivity contribution in [2.75, 3.05) is 39.3 Å². The molecular weight excluding hydrogens is 276 g/mol. The van der Waals surface area contributed by atoms with Crippen LogP contribution in [0.5, 0.6) is 0 Å². The Morgan fingerprint density at radius 2 is 1.68 bits per heavy atom. The number of ether oxygens (including phenoxy) is 1. The monoisotopic (exact) mass is 314 g/mol. The van der Waals surface area contributed by atoms with Crippen LogP contribution >= 0.6 is 0 Å². The summed E-state index contributed by atoms with van der Waals surface area (Å²) in [5.41, 5.74) is 0. The summed E-state index contributed by atoms with van der Waals surface area (Å²) in [6, 6.07) is 0. The Labute approximate surface area is 138 Å². The number of nitrogens with zero attached hydrogens (tertiary/aromatic N) is 2. The molecule has 2 saturated heterocycles. The van der Waals surface area contributed by atoms with E-state index in [1.807, 2.05) is 32.6 Å². The van der Waals surface area contributed by atoms with Crippen molar-refractivity contribution in [3.05, 3.63) is 0 Å². The number of rotatable bonds is 4. The number of piperazine rings is 1. The SMILES string of the molecule is CC.CC.CC(C)CCN1CCN(C(=O)C2CCCO2)CC1. The van der Waals surface area contributed by atoms with Crippen molar-refractivity contribution in [3.63, 3.8) is 0 Å². The fourth-order valence-electron chi connectivity index (χ4n) is 2.61. The minimum atomic E-state index is -0.146. The van der Waals surface area contributed by atoms with Crippen LogP contribution in [0.4, 0.5) is 0 Å². The first-order valence-corrected chi connectivity index (χ1v) is 9.29. The topological polar surface area (TPSA) is 32.8 Å². The quantitative estimate of drug-likeness (QED) is 0.797. The van der Waals surface area contributed by atoms with Crippen molar-refractivity contribution in [2.45, 2.75) is 66.9 Å². The molecule has 0 aromatic rings. The van der Waals surface area contributed by atoms with Gasteiger partial charge < -0.3 is 9.64 Å². The fraction of sp³-hybridized carbons (Fsp3) is 0.944. The van der Waals surface area contributed by atoms with Crippen LogP contribution in [0.1, 0.15) is 60.8 Å². The van der Waals surface area contributed by atoms with Gasteiger partial charge in [0.15, 0.2) is 0 Å². The highest BCUT2D eigenvalue weighted by atomic mass is 16.5. The summed E-state index contributed by atoms with van der Waals surface area (Å²) in [4.78, 5) is 16.6. The molecule has 2 fully saturated rings. The third kappa shape index (κ3) is 7.59. The van der Waals surface area contributed by atoms with Crippen molar-refractivity contribution < 1.29 is 9.53 Å². The van der Waals surface area contributed by atoms with Gasteiger partial charge in [0.1, 0.15) is 6.10 Å². The maximum Gasteiger partial charge on any atom is 0.251 e. The maximum atomic E-state index is 12.2. The van der Waals surface area contributed by atoms with E-state index < -0.39 is 0 Å². The maximum absolute atomic E-state index is 12.2. The molecule has 2 aliphatic heterocycles. The summed E-state index contributed by atoms with van der Waals surface area (Å²) in [5.74, 6) is 0.979. The molecule has 0 aromatic heterocycles. The first-order valence-electron chi connectivity index (χ1n) is 9.29. The van der Waals surface area contributed by atoms with Gasteiger partial charge in [-0.15, -0.1) is 0 Å². The zero-order chi connectivity index (χ0) is 17.0. The number of hydrogen-bond acceptors (Lipinski definition) is 3. The average molecular weight is 315 g/mol. The van der Waals surface area contributed by atoms with Crippen molar-refractivity contribution >= 4 is 5.91 Å². The van der Waals surface area contributed by atoms with Gasteiger partial charge in [0, 0.05) is 32.8 Å². The predicted octanol–water partition coefficient (Wildman–Crippen LogP) is 3.41. The lowest BCUT2D eigenvalue weighted by Gasteiger charge is -2.36. The van der Waals surface area contributed by atoms with Crippen LogP contribution in [0, 0.1) is 5.92 Å². The molecule has 0 bridgehead atoms. The standard InChI is InChI=1S/C14H26N2O2.2C2H6/c1-12(2)5-6-15-7-9-16(10-8-15)14(17)13-4-3-11-18-13;2*1-2/h12-13H,3-11H2,1-2H3;2*1-2H3. The largest absolute Gasteiger partial charge is 0.368 e. The van der Waals surface area contributed by atoms with Gasteiger partial charge in [-0.25, -0.2) is 0 Å². The molecule has 0 N–H and O–H groups in total. The van der Waals surface area contributed by atoms with E-state index in [1.54, 1.807) is 0 Å². The van der Waals surface area contributed by atoms with Crippen LogP contribution in [0.25, 0.3) is 0 Å². The molecule has 0 saturated carbocycles. The number of carbonyl (C=O) groups excluding carboxylic acids is 1. The molecule has 0 aliphatic carbocycles. The lowest BCUT2D eigenvalue weighted by molar-refractivity contribution is -0.142. The van der Waals surface area contributed by atoms with Gasteiger partial charge in [-0.3, -0.25) is 9.69 Å². The van der Waals surface area contributed by atoms with Crippen LogP contribution in [0.3, 0.4) is 0 Å². The molecule has 4 heteroatoms. The first kappa shape index (κ1) is 21.4. The lowest BCUT2D eigenvalue weighted by Crippen LogP contribution is -2.51. The van der Waals surface area contributed by atoms with E-state index >= 15 is 0 Å². The van der Waals surface area contributed by atoms with Gasteiger partial charge in [-0.05, 0) is 31.7 Å². The normalized spacial score (nSPS) is 21.8. The van der Waals surface area contributed by atoms with Crippen molar-refractivity contribution in [1.82, 2.24) is 9.80 Å². The highest BCUT2D eigenvalue weighted by Gasteiger charge is 2.30. The van der Waals surface area contributed by atoms with Crippen molar-refractivity contribution in [3.8, 4) is 0 Å². The molecule has 2 aliphatic rings. The Hall–Kier alpha value is -0.610. The highest BCUT2D eigenvalue weighted by Crippen LogP contribution is 2.16. The van der Waals surface area contributed by atoms with E-state index in [2.05, 4.69) is 18.7 Å². The van der Waals surface area contributed by atoms with Crippen LogP contribution < -0.4 is 0 Å². The van der Waals surface area contributed by atoms with Gasteiger partial charge in [-0.2, -0.15) is 0 Å². The van der Waals surface area contributed by atoms with Gasteiger partial charge in [-0.1, -0.05) is 41.5 Å². The fourth-order valence-corrected chi connectivity index (χ4v) is 2.61. The molecule has 0 aromatic carbocycles. The molecule has 1 atom stereocenters. The zero-order valence-electron chi connectivity index (χ0n) is 15.7. The van der Waals surface area contributed by atoms with E-state index in [4.69, 9.17) is 4.74 Å². The van der Waals surface area contributed by atoms with E-state index in [0.29, 0.717) is 0 Å². The molecule has 132 valence electrons. The molecule has 0 radical (unpaired) electrons. The number of hydrogen-bond donors (Lipinski definition) is 0. The molecule has 22 heavy (non-hydrogen) atoms. The Bertz CT molecular complexity index is 268. The molecular formula is C18H38N2O2. The third-order valence-electron chi connectivity index (χ3n) is 3.91. The van der Waals surface area contributed by atoms with Gasteiger partial charge in [0.25, 0.3) is 5.91 Å². The zero-order valence-corrected chi connectivity index (χ0v) is 15.7. The molecule has 0 spiro atoms. The first-order chi connectivity index (χ1) is 10.7. The molecule has 2 rings (SSSR count). The van der Waals surface area contributed by atoms with E-state index in [1.165, 1.54) is 13.0 Å². The van der Waals surface area contributed by atoms with Gasteiger partial charge in [0.05, 0.1) is 0 Å². The smallest absolute Gasteiger partial charge is 0.251 e. The predicted molar refractivity (Wildman–Crippen MR) is 94.1 cm³/mol. The number of carbonyl (C=O) groups is 1. The molecule has 1 unspecified atom stereocenters. The second kappa shape index (κ2) is 12.9. The summed E-state index contributed by atoms with van der Waals surface area (Å²) in [6.07, 6.45) is 3.05. The Morgan fingerprint density at radius 3 is 2.14 bits per heavy atom. The van der Waals surface area contributed by atoms with Gasteiger partial charge >= 0.3 is 0 Å². The molecule has 2 heterocycles. The Kier molecular flexibility index (Phi) is 12.5. The second-order valence-electron chi connectivity index (χ2n) is 5.85. The van der Waals surface area contributed by atoms with Crippen LogP contribution in [-0.4, -0.2) is 61.1 Å².